The standard InChI is InChI=1S/C17H16N2O2S2.ClH/c20-23(21,16-10-5-11-22-16)19-17-12-6-1-3-8-14(12)18-15-9-4-2-7-13(15)17;/h1,3,5-6,8,10-11H,2,4,7,9H2,(H,18,19);1H. The summed E-state index contributed by atoms with van der Waals surface area (Å²) in [7, 11) is -3.55. The van der Waals surface area contributed by atoms with Crippen LogP contribution in [0.2, 0.25) is 0 Å². The van der Waals surface area contributed by atoms with E-state index in [1.165, 1.54) is 11.3 Å². The summed E-state index contributed by atoms with van der Waals surface area (Å²) < 4.78 is 28.5. The monoisotopic (exact) mass is 380 g/mol. The van der Waals surface area contributed by atoms with Gasteiger partial charge in [0.15, 0.2) is 0 Å². The van der Waals surface area contributed by atoms with Crippen molar-refractivity contribution in [1.29, 1.82) is 0 Å². The van der Waals surface area contributed by atoms with Gasteiger partial charge in [-0.3, -0.25) is 9.71 Å². The fourth-order valence-corrected chi connectivity index (χ4v) is 5.20. The number of nitrogens with zero attached hydrogens (tertiary/aromatic N) is 1. The molecule has 4 nitrogen and oxygen atoms in total. The van der Waals surface area contributed by atoms with Crippen molar-refractivity contribution in [3.8, 4) is 0 Å². The van der Waals surface area contributed by atoms with Crippen molar-refractivity contribution in [1.82, 2.24) is 4.98 Å². The van der Waals surface area contributed by atoms with E-state index in [4.69, 9.17) is 4.98 Å². The van der Waals surface area contributed by atoms with Crippen molar-refractivity contribution in [2.75, 3.05) is 4.72 Å². The number of hydrogen-bond acceptors (Lipinski definition) is 4. The first-order valence-corrected chi connectivity index (χ1v) is 9.98. The van der Waals surface area contributed by atoms with Gasteiger partial charge in [0, 0.05) is 11.1 Å². The first kappa shape index (κ1) is 17.2. The highest BCUT2D eigenvalue weighted by Crippen LogP contribution is 2.35. The minimum absolute atomic E-state index is 0. The minimum atomic E-state index is -3.55. The van der Waals surface area contributed by atoms with E-state index in [9.17, 15) is 8.42 Å². The van der Waals surface area contributed by atoms with Crippen LogP contribution in [0.1, 0.15) is 24.1 Å². The molecule has 1 aliphatic rings. The van der Waals surface area contributed by atoms with Gasteiger partial charge in [0.2, 0.25) is 0 Å². The topological polar surface area (TPSA) is 59.1 Å². The number of halogens is 1. The van der Waals surface area contributed by atoms with Crippen LogP contribution in [0.15, 0.2) is 46.0 Å². The van der Waals surface area contributed by atoms with Crippen molar-refractivity contribution < 1.29 is 8.42 Å². The number of aryl methyl sites for hydroxylation is 1. The molecule has 1 aromatic carbocycles. The van der Waals surface area contributed by atoms with E-state index in [2.05, 4.69) is 4.72 Å². The van der Waals surface area contributed by atoms with Crippen LogP contribution in [0.3, 0.4) is 0 Å². The lowest BCUT2D eigenvalue weighted by Gasteiger charge is -2.21. The predicted octanol–water partition coefficient (Wildman–Crippen LogP) is 4.40. The molecule has 0 spiro atoms. The molecule has 2 aromatic heterocycles. The summed E-state index contributed by atoms with van der Waals surface area (Å²) >= 11 is 1.23. The Morgan fingerprint density at radius 3 is 2.62 bits per heavy atom. The quantitative estimate of drug-likeness (QED) is 0.732. The van der Waals surface area contributed by atoms with Crippen molar-refractivity contribution in [2.24, 2.45) is 0 Å². The van der Waals surface area contributed by atoms with Crippen molar-refractivity contribution in [2.45, 2.75) is 29.9 Å². The Labute approximate surface area is 151 Å². The summed E-state index contributed by atoms with van der Waals surface area (Å²) in [6.45, 7) is 0. The van der Waals surface area contributed by atoms with Gasteiger partial charge in [0.25, 0.3) is 10.0 Å². The zero-order valence-electron chi connectivity index (χ0n) is 12.9. The molecule has 1 N–H and O–H groups in total. The lowest BCUT2D eigenvalue weighted by Crippen LogP contribution is -2.16. The Bertz CT molecular complexity index is 970. The molecule has 0 saturated carbocycles. The Kier molecular flexibility index (Phi) is 4.80. The zero-order valence-corrected chi connectivity index (χ0v) is 15.3. The minimum Gasteiger partial charge on any atom is -0.278 e. The first-order chi connectivity index (χ1) is 11.1. The van der Waals surface area contributed by atoms with Crippen LogP contribution < -0.4 is 4.72 Å². The molecule has 0 unspecified atom stereocenters. The second kappa shape index (κ2) is 6.70. The van der Waals surface area contributed by atoms with Gasteiger partial charge in [0.05, 0.1) is 11.2 Å². The molecule has 126 valence electrons. The highest BCUT2D eigenvalue weighted by molar-refractivity contribution is 7.94. The van der Waals surface area contributed by atoms with Gasteiger partial charge >= 0.3 is 0 Å². The number of nitrogens with one attached hydrogen (secondary N) is 1. The lowest BCUT2D eigenvalue weighted by molar-refractivity contribution is 0.603. The molecule has 0 saturated heterocycles. The van der Waals surface area contributed by atoms with Crippen LogP contribution in [0, 0.1) is 0 Å². The number of hydrogen-bond donors (Lipinski definition) is 1. The van der Waals surface area contributed by atoms with Gasteiger partial charge in [0.1, 0.15) is 4.21 Å². The fourth-order valence-electron chi connectivity index (χ4n) is 3.09. The molecule has 7 heteroatoms. The second-order valence-electron chi connectivity index (χ2n) is 5.67. The van der Waals surface area contributed by atoms with Crippen LogP contribution in [0.4, 0.5) is 5.69 Å². The van der Waals surface area contributed by atoms with Gasteiger partial charge in [-0.2, -0.15) is 0 Å². The number of fused-ring (bicyclic) bond motifs is 2. The molecule has 0 amide bonds. The molecular weight excluding hydrogens is 364 g/mol. The first-order valence-electron chi connectivity index (χ1n) is 7.62. The third-order valence-corrected chi connectivity index (χ3v) is 6.91. The highest BCUT2D eigenvalue weighted by atomic mass is 35.5. The molecule has 0 bridgehead atoms. The zero-order chi connectivity index (χ0) is 15.9. The maximum Gasteiger partial charge on any atom is 0.271 e. The van der Waals surface area contributed by atoms with E-state index >= 15 is 0 Å². The summed E-state index contributed by atoms with van der Waals surface area (Å²) in [4.78, 5) is 4.74. The third kappa shape index (κ3) is 3.01. The number of pyridine rings is 1. The van der Waals surface area contributed by atoms with E-state index in [1.807, 2.05) is 24.3 Å². The van der Waals surface area contributed by atoms with Crippen LogP contribution in [-0.2, 0) is 22.9 Å². The summed E-state index contributed by atoms with van der Waals surface area (Å²) in [5.41, 5.74) is 3.63. The third-order valence-electron chi connectivity index (χ3n) is 4.17. The largest absolute Gasteiger partial charge is 0.278 e. The Balaban J connectivity index is 0.00000169. The van der Waals surface area contributed by atoms with Gasteiger partial charge in [-0.15, -0.1) is 23.7 Å². The smallest absolute Gasteiger partial charge is 0.271 e. The Morgan fingerprint density at radius 1 is 1.04 bits per heavy atom. The summed E-state index contributed by atoms with van der Waals surface area (Å²) in [6.07, 6.45) is 3.96. The number of benzene rings is 1. The molecule has 0 aliphatic heterocycles. The molecule has 0 atom stereocenters. The maximum absolute atomic E-state index is 12.7. The van der Waals surface area contributed by atoms with Crippen LogP contribution >= 0.6 is 23.7 Å². The van der Waals surface area contributed by atoms with Crippen molar-refractivity contribution in [3.05, 3.63) is 53.0 Å². The summed E-state index contributed by atoms with van der Waals surface area (Å²) in [6, 6.07) is 11.1. The van der Waals surface area contributed by atoms with Gasteiger partial charge < -0.3 is 0 Å². The number of para-hydroxylation sites is 1. The number of sulfonamides is 1. The average molecular weight is 381 g/mol. The van der Waals surface area contributed by atoms with E-state index in [0.29, 0.717) is 9.90 Å². The van der Waals surface area contributed by atoms with E-state index in [-0.39, 0.29) is 12.4 Å². The average Bonchev–Trinajstić information content (AvgIpc) is 3.10. The number of anilines is 1. The van der Waals surface area contributed by atoms with Gasteiger partial charge in [-0.05, 0) is 48.8 Å². The van der Waals surface area contributed by atoms with Crippen LogP contribution in [-0.4, -0.2) is 13.4 Å². The van der Waals surface area contributed by atoms with Crippen LogP contribution in [0.5, 0.6) is 0 Å². The molecule has 24 heavy (non-hydrogen) atoms. The van der Waals surface area contributed by atoms with Gasteiger partial charge in [-0.25, -0.2) is 8.42 Å². The molecular formula is C17H17ClN2O2S2. The number of aromatic nitrogens is 1. The SMILES string of the molecule is Cl.O=S(=O)(Nc1c2c(nc3ccccc13)CCCC2)c1cccs1. The Morgan fingerprint density at radius 2 is 1.83 bits per heavy atom. The van der Waals surface area contributed by atoms with Gasteiger partial charge in [-0.1, -0.05) is 24.3 Å². The predicted molar refractivity (Wildman–Crippen MR) is 101 cm³/mol. The molecule has 0 fully saturated rings. The normalized spacial score (nSPS) is 14.0. The van der Waals surface area contributed by atoms with E-state index < -0.39 is 10.0 Å². The summed E-state index contributed by atoms with van der Waals surface area (Å²) in [5, 5.41) is 2.64. The lowest BCUT2D eigenvalue weighted by atomic mass is 9.93. The maximum atomic E-state index is 12.7. The second-order valence-corrected chi connectivity index (χ2v) is 8.53. The molecule has 3 aromatic rings. The van der Waals surface area contributed by atoms with Crippen LogP contribution in [0.25, 0.3) is 10.9 Å². The molecule has 0 radical (unpaired) electrons. The summed E-state index contributed by atoms with van der Waals surface area (Å²) in [5.74, 6) is 0. The molecule has 4 rings (SSSR count). The molecule has 2 heterocycles. The Hall–Kier alpha value is -1.63. The number of rotatable bonds is 3. The van der Waals surface area contributed by atoms with E-state index in [1.54, 1.807) is 17.5 Å². The highest BCUT2D eigenvalue weighted by Gasteiger charge is 2.23. The van der Waals surface area contributed by atoms with E-state index in [0.717, 1.165) is 47.8 Å². The number of thiophene rings is 1. The van der Waals surface area contributed by atoms with Crippen molar-refractivity contribution >= 4 is 50.4 Å². The molecule has 1 aliphatic carbocycles. The van der Waals surface area contributed by atoms with Crippen molar-refractivity contribution in [3.63, 3.8) is 0 Å². The fraction of sp³-hybridized carbons (Fsp3) is 0.235.